The molecular formula is C21H18Cl2N2O3S2. The quantitative estimate of drug-likeness (QED) is 0.397. The molecule has 0 heterocycles. The molecule has 0 fully saturated rings. The Balaban J connectivity index is 1.88. The predicted octanol–water partition coefficient (Wildman–Crippen LogP) is 6.16. The van der Waals surface area contributed by atoms with Gasteiger partial charge in [0.05, 0.1) is 21.3 Å². The number of benzene rings is 3. The van der Waals surface area contributed by atoms with Crippen molar-refractivity contribution in [1.29, 1.82) is 0 Å². The van der Waals surface area contributed by atoms with E-state index in [4.69, 9.17) is 23.2 Å². The lowest BCUT2D eigenvalue weighted by molar-refractivity contribution is 0.102. The van der Waals surface area contributed by atoms with Gasteiger partial charge in [-0.25, -0.2) is 8.42 Å². The number of halogens is 2. The maximum atomic E-state index is 12.9. The summed E-state index contributed by atoms with van der Waals surface area (Å²) in [6, 6.07) is 18.0. The van der Waals surface area contributed by atoms with Gasteiger partial charge < -0.3 is 5.32 Å². The number of carbonyl (C=O) groups is 1. The van der Waals surface area contributed by atoms with Crippen molar-refractivity contribution < 1.29 is 13.2 Å². The number of hydrogen-bond acceptors (Lipinski definition) is 4. The van der Waals surface area contributed by atoms with Crippen LogP contribution in [0, 0.1) is 0 Å². The fourth-order valence-corrected chi connectivity index (χ4v) is 5.31. The number of para-hydroxylation sites is 1. The molecule has 0 unspecified atom stereocenters. The Labute approximate surface area is 189 Å². The number of nitrogens with one attached hydrogen (secondary N) is 2. The van der Waals surface area contributed by atoms with Gasteiger partial charge in [-0.05, 0) is 48.2 Å². The maximum Gasteiger partial charge on any atom is 0.263 e. The van der Waals surface area contributed by atoms with Crippen LogP contribution in [0.3, 0.4) is 0 Å². The highest BCUT2D eigenvalue weighted by molar-refractivity contribution is 7.99. The smallest absolute Gasteiger partial charge is 0.263 e. The Bertz CT molecular complexity index is 1180. The third-order valence-corrected chi connectivity index (χ3v) is 7.16. The summed E-state index contributed by atoms with van der Waals surface area (Å²) in [4.78, 5) is 13.4. The first kappa shape index (κ1) is 22.5. The molecule has 2 N–H and O–H groups in total. The van der Waals surface area contributed by atoms with Gasteiger partial charge >= 0.3 is 0 Å². The first-order valence-electron chi connectivity index (χ1n) is 8.92. The van der Waals surface area contributed by atoms with Crippen LogP contribution in [-0.4, -0.2) is 20.1 Å². The van der Waals surface area contributed by atoms with Crippen LogP contribution in [0.25, 0.3) is 0 Å². The van der Waals surface area contributed by atoms with Crippen molar-refractivity contribution in [1.82, 2.24) is 0 Å². The van der Waals surface area contributed by atoms with E-state index in [1.165, 1.54) is 12.1 Å². The molecule has 0 aliphatic carbocycles. The van der Waals surface area contributed by atoms with Crippen LogP contribution in [0.4, 0.5) is 11.4 Å². The van der Waals surface area contributed by atoms with E-state index in [0.717, 1.165) is 10.6 Å². The molecule has 30 heavy (non-hydrogen) atoms. The normalized spacial score (nSPS) is 11.2. The minimum absolute atomic E-state index is 0.0227. The van der Waals surface area contributed by atoms with Gasteiger partial charge in [0.15, 0.2) is 0 Å². The number of thioether (sulfide) groups is 1. The summed E-state index contributed by atoms with van der Waals surface area (Å²) in [6.45, 7) is 2.00. The molecule has 3 rings (SSSR count). The molecule has 0 aromatic heterocycles. The molecule has 0 aliphatic rings. The molecule has 1 amide bonds. The van der Waals surface area contributed by atoms with Gasteiger partial charge in [-0.2, -0.15) is 0 Å². The van der Waals surface area contributed by atoms with Gasteiger partial charge in [0.25, 0.3) is 15.9 Å². The van der Waals surface area contributed by atoms with Crippen LogP contribution in [0.2, 0.25) is 10.0 Å². The lowest BCUT2D eigenvalue weighted by atomic mass is 10.2. The molecule has 0 atom stereocenters. The third kappa shape index (κ3) is 5.29. The summed E-state index contributed by atoms with van der Waals surface area (Å²) in [5.74, 6) is 0.484. The molecule has 9 heteroatoms. The number of hydrogen-bond donors (Lipinski definition) is 2. The SMILES string of the molecule is CCSc1ccccc1C(=O)Nc1ccc(Cl)c(S(=O)(=O)Nc2ccccc2Cl)c1. The summed E-state index contributed by atoms with van der Waals surface area (Å²) < 4.78 is 28.1. The van der Waals surface area contributed by atoms with Crippen molar-refractivity contribution in [2.24, 2.45) is 0 Å². The van der Waals surface area contributed by atoms with E-state index in [0.29, 0.717) is 11.3 Å². The molecule has 0 saturated heterocycles. The van der Waals surface area contributed by atoms with E-state index >= 15 is 0 Å². The Morgan fingerprint density at radius 3 is 2.40 bits per heavy atom. The predicted molar refractivity (Wildman–Crippen MR) is 125 cm³/mol. The number of carbonyl (C=O) groups excluding carboxylic acids is 1. The molecule has 5 nitrogen and oxygen atoms in total. The third-order valence-electron chi connectivity index (χ3n) is 4.03. The minimum atomic E-state index is -4.03. The van der Waals surface area contributed by atoms with Crippen molar-refractivity contribution in [3.05, 3.63) is 82.3 Å². The fraction of sp³-hybridized carbons (Fsp3) is 0.0952. The van der Waals surface area contributed by atoms with Crippen molar-refractivity contribution >= 4 is 62.3 Å². The molecule has 0 spiro atoms. The number of sulfonamides is 1. The van der Waals surface area contributed by atoms with Crippen molar-refractivity contribution in [3.63, 3.8) is 0 Å². The first-order valence-corrected chi connectivity index (χ1v) is 12.1. The number of anilines is 2. The minimum Gasteiger partial charge on any atom is -0.322 e. The average Bonchev–Trinajstić information content (AvgIpc) is 2.71. The highest BCUT2D eigenvalue weighted by atomic mass is 35.5. The Kier molecular flexibility index (Phi) is 7.31. The van der Waals surface area contributed by atoms with E-state index in [-0.39, 0.29) is 26.5 Å². The summed E-state index contributed by atoms with van der Waals surface area (Å²) in [7, 11) is -4.03. The highest BCUT2D eigenvalue weighted by Gasteiger charge is 2.21. The molecule has 0 bridgehead atoms. The monoisotopic (exact) mass is 480 g/mol. The molecule has 0 radical (unpaired) electrons. The van der Waals surface area contributed by atoms with E-state index in [2.05, 4.69) is 10.0 Å². The van der Waals surface area contributed by atoms with Crippen LogP contribution in [-0.2, 0) is 10.0 Å². The van der Waals surface area contributed by atoms with Gasteiger partial charge in [-0.3, -0.25) is 9.52 Å². The van der Waals surface area contributed by atoms with Crippen molar-refractivity contribution in [2.45, 2.75) is 16.7 Å². The zero-order valence-electron chi connectivity index (χ0n) is 15.9. The van der Waals surface area contributed by atoms with Gasteiger partial charge in [-0.15, -0.1) is 11.8 Å². The molecule has 0 aliphatic heterocycles. The fourth-order valence-electron chi connectivity index (χ4n) is 2.66. The van der Waals surface area contributed by atoms with Crippen LogP contribution in [0.1, 0.15) is 17.3 Å². The molecule has 0 saturated carbocycles. The zero-order valence-corrected chi connectivity index (χ0v) is 19.0. The van der Waals surface area contributed by atoms with E-state index < -0.39 is 10.0 Å². The van der Waals surface area contributed by atoms with E-state index in [1.807, 2.05) is 19.1 Å². The van der Waals surface area contributed by atoms with Crippen LogP contribution >= 0.6 is 35.0 Å². The maximum absolute atomic E-state index is 12.9. The van der Waals surface area contributed by atoms with E-state index in [9.17, 15) is 13.2 Å². The second kappa shape index (κ2) is 9.75. The molecule has 3 aromatic carbocycles. The Morgan fingerprint density at radius 2 is 1.67 bits per heavy atom. The largest absolute Gasteiger partial charge is 0.322 e. The van der Waals surface area contributed by atoms with Gasteiger partial charge in [0.1, 0.15) is 4.90 Å². The summed E-state index contributed by atoms with van der Waals surface area (Å²) in [5, 5.41) is 3.02. The molecule has 3 aromatic rings. The average molecular weight is 481 g/mol. The first-order chi connectivity index (χ1) is 14.3. The lowest BCUT2D eigenvalue weighted by Crippen LogP contribution is -2.16. The summed E-state index contributed by atoms with van der Waals surface area (Å²) >= 11 is 13.7. The van der Waals surface area contributed by atoms with Crippen molar-refractivity contribution in [2.75, 3.05) is 15.8 Å². The highest BCUT2D eigenvalue weighted by Crippen LogP contribution is 2.30. The summed E-state index contributed by atoms with van der Waals surface area (Å²) in [6.07, 6.45) is 0. The summed E-state index contributed by atoms with van der Waals surface area (Å²) in [5.41, 5.74) is 1.05. The van der Waals surface area contributed by atoms with Crippen LogP contribution in [0.15, 0.2) is 76.5 Å². The van der Waals surface area contributed by atoms with Crippen LogP contribution < -0.4 is 10.0 Å². The van der Waals surface area contributed by atoms with Gasteiger partial charge in [0.2, 0.25) is 0 Å². The Hall–Kier alpha value is -2.19. The lowest BCUT2D eigenvalue weighted by Gasteiger charge is -2.13. The van der Waals surface area contributed by atoms with Crippen molar-refractivity contribution in [3.8, 4) is 0 Å². The zero-order chi connectivity index (χ0) is 21.7. The van der Waals surface area contributed by atoms with Gasteiger partial charge in [0, 0.05) is 10.6 Å². The van der Waals surface area contributed by atoms with Crippen LogP contribution in [0.5, 0.6) is 0 Å². The second-order valence-corrected chi connectivity index (χ2v) is 9.88. The number of amides is 1. The second-order valence-electron chi connectivity index (χ2n) is 6.11. The standard InChI is InChI=1S/C21H18Cl2N2O3S2/c1-2-29-19-10-6-3-7-15(19)21(26)24-14-11-12-17(23)20(13-14)30(27,28)25-18-9-5-4-8-16(18)22/h3-13,25H,2H2,1H3,(H,24,26). The van der Waals surface area contributed by atoms with E-state index in [1.54, 1.807) is 54.2 Å². The van der Waals surface area contributed by atoms with Gasteiger partial charge in [-0.1, -0.05) is 54.4 Å². The topological polar surface area (TPSA) is 75.3 Å². The Morgan fingerprint density at radius 1 is 0.967 bits per heavy atom. The molecule has 156 valence electrons. The number of rotatable bonds is 7. The molecular weight excluding hydrogens is 463 g/mol.